The second-order valence-corrected chi connectivity index (χ2v) is 9.80. The first-order chi connectivity index (χ1) is 16.6. The molecule has 2 heteroatoms. The van der Waals surface area contributed by atoms with Gasteiger partial charge < -0.3 is 0 Å². The van der Waals surface area contributed by atoms with Crippen LogP contribution in [0.2, 0.25) is 5.02 Å². The van der Waals surface area contributed by atoms with Gasteiger partial charge in [-0.15, -0.1) is 13.2 Å². The zero-order chi connectivity index (χ0) is 23.9. The van der Waals surface area contributed by atoms with Crippen LogP contribution in [0, 0.1) is 11.7 Å². The Kier molecular flexibility index (Phi) is 8.40. The number of hydrogen-bond donors (Lipinski definition) is 0. The number of allylic oxidation sites excluding steroid dienone is 8. The summed E-state index contributed by atoms with van der Waals surface area (Å²) >= 11 is 6.57. The Balaban J connectivity index is 1.44. The zero-order valence-corrected chi connectivity index (χ0v) is 20.7. The van der Waals surface area contributed by atoms with Gasteiger partial charge in [-0.2, -0.15) is 0 Å². The summed E-state index contributed by atoms with van der Waals surface area (Å²) in [6.07, 6.45) is 21.6. The molecule has 2 atom stereocenters. The van der Waals surface area contributed by atoms with Crippen molar-refractivity contribution in [2.45, 2.75) is 57.3 Å². The molecule has 0 fully saturated rings. The highest BCUT2D eigenvalue weighted by Gasteiger charge is 2.21. The van der Waals surface area contributed by atoms with Gasteiger partial charge in [-0.1, -0.05) is 84.5 Å². The molecule has 0 radical (unpaired) electrons. The molecule has 2 unspecified atom stereocenters. The Bertz CT molecular complexity index is 1120. The van der Waals surface area contributed by atoms with E-state index >= 15 is 4.39 Å². The number of halogens is 2. The second kappa shape index (κ2) is 11.7. The highest BCUT2D eigenvalue weighted by Crippen LogP contribution is 2.39. The average molecular weight is 473 g/mol. The van der Waals surface area contributed by atoms with Gasteiger partial charge in [-0.05, 0) is 85.1 Å². The van der Waals surface area contributed by atoms with Gasteiger partial charge in [0.2, 0.25) is 0 Å². The topological polar surface area (TPSA) is 0 Å². The van der Waals surface area contributed by atoms with Gasteiger partial charge in [0.15, 0.2) is 0 Å². The normalized spacial score (nSPS) is 19.9. The van der Waals surface area contributed by atoms with E-state index in [0.717, 1.165) is 56.1 Å². The lowest BCUT2D eigenvalue weighted by atomic mass is 9.82. The molecule has 0 aromatic heterocycles. The monoisotopic (exact) mass is 472 g/mol. The Labute approximate surface area is 209 Å². The van der Waals surface area contributed by atoms with E-state index in [1.165, 1.54) is 23.1 Å². The zero-order valence-electron chi connectivity index (χ0n) is 19.9. The van der Waals surface area contributed by atoms with Crippen molar-refractivity contribution in [1.82, 2.24) is 0 Å². The molecule has 0 bridgehead atoms. The molecular weight excluding hydrogens is 439 g/mol. The third-order valence-electron chi connectivity index (χ3n) is 7.16. The third-order valence-corrected chi connectivity index (χ3v) is 7.54. The summed E-state index contributed by atoms with van der Waals surface area (Å²) in [5.41, 5.74) is 6.29. The maximum atomic E-state index is 15.3. The summed E-state index contributed by atoms with van der Waals surface area (Å²) in [6.45, 7) is 7.69. The van der Waals surface area contributed by atoms with E-state index < -0.39 is 0 Å². The highest BCUT2D eigenvalue weighted by molar-refractivity contribution is 6.32. The summed E-state index contributed by atoms with van der Waals surface area (Å²) in [5.74, 6) is 0.373. The molecule has 2 aliphatic rings. The quantitative estimate of drug-likeness (QED) is 0.251. The number of hydrogen-bond acceptors (Lipinski definition) is 0. The van der Waals surface area contributed by atoms with E-state index in [2.05, 4.69) is 55.7 Å². The molecular formula is C32H34ClF. The lowest BCUT2D eigenvalue weighted by molar-refractivity contribution is 0.571. The first-order valence-corrected chi connectivity index (χ1v) is 12.9. The third kappa shape index (κ3) is 5.70. The van der Waals surface area contributed by atoms with Crippen LogP contribution in [0.5, 0.6) is 0 Å². The molecule has 34 heavy (non-hydrogen) atoms. The lowest BCUT2D eigenvalue weighted by Gasteiger charge is -2.23. The van der Waals surface area contributed by atoms with Crippen molar-refractivity contribution in [1.29, 1.82) is 0 Å². The smallest absolute Gasteiger partial charge is 0.149 e. The van der Waals surface area contributed by atoms with E-state index in [9.17, 15) is 0 Å². The van der Waals surface area contributed by atoms with Crippen LogP contribution in [0.15, 0.2) is 97.2 Å². The molecule has 2 aliphatic carbocycles. The molecule has 0 N–H and O–H groups in total. The van der Waals surface area contributed by atoms with Gasteiger partial charge in [0.05, 0.1) is 5.02 Å². The standard InChI is InChI=1S/C32H34ClF/c1-3-5-6-7-8-24-11-15-28(16-12-24)30-22-21-29(31(33)32(30)34)27-19-17-26(18-20-27)25-13-9-23(4-2)10-14-25/h3-4,11-13,15-19,21-23,27H,1-2,5-10,14,20H2. The Morgan fingerprint density at radius 1 is 1.00 bits per heavy atom. The first kappa shape index (κ1) is 24.5. The number of benzene rings is 2. The average Bonchev–Trinajstić information content (AvgIpc) is 2.89. The molecule has 2 aromatic rings. The van der Waals surface area contributed by atoms with E-state index in [-0.39, 0.29) is 16.8 Å². The molecule has 0 aliphatic heterocycles. The van der Waals surface area contributed by atoms with Crippen LogP contribution in [0.3, 0.4) is 0 Å². The summed E-state index contributed by atoms with van der Waals surface area (Å²) in [5, 5.41) is 0.239. The molecule has 0 heterocycles. The predicted molar refractivity (Wildman–Crippen MR) is 145 cm³/mol. The van der Waals surface area contributed by atoms with Crippen LogP contribution in [-0.4, -0.2) is 0 Å². The molecule has 0 amide bonds. The van der Waals surface area contributed by atoms with Gasteiger partial charge in [-0.25, -0.2) is 4.39 Å². The van der Waals surface area contributed by atoms with Gasteiger partial charge in [0.25, 0.3) is 0 Å². The predicted octanol–water partition coefficient (Wildman–Crippen LogP) is 9.93. The molecule has 2 aromatic carbocycles. The number of unbranched alkanes of at least 4 members (excludes halogenated alkanes) is 2. The maximum Gasteiger partial charge on any atom is 0.149 e. The minimum absolute atomic E-state index is 0.0999. The molecule has 0 saturated carbocycles. The van der Waals surface area contributed by atoms with Crippen molar-refractivity contribution >= 4 is 11.6 Å². The van der Waals surface area contributed by atoms with Crippen molar-refractivity contribution in [2.24, 2.45) is 5.92 Å². The molecule has 0 spiro atoms. The summed E-state index contributed by atoms with van der Waals surface area (Å²) in [7, 11) is 0. The van der Waals surface area contributed by atoms with Crippen molar-refractivity contribution < 1.29 is 4.39 Å². The van der Waals surface area contributed by atoms with Crippen LogP contribution in [0.1, 0.15) is 62.0 Å². The Morgan fingerprint density at radius 2 is 1.82 bits per heavy atom. The van der Waals surface area contributed by atoms with E-state index in [1.54, 1.807) is 0 Å². The fourth-order valence-corrected chi connectivity index (χ4v) is 5.27. The molecule has 176 valence electrons. The van der Waals surface area contributed by atoms with E-state index in [1.807, 2.05) is 30.3 Å². The van der Waals surface area contributed by atoms with Gasteiger partial charge in [0, 0.05) is 11.5 Å². The van der Waals surface area contributed by atoms with E-state index in [4.69, 9.17) is 11.6 Å². The summed E-state index contributed by atoms with van der Waals surface area (Å²) in [6, 6.07) is 12.1. The van der Waals surface area contributed by atoms with Crippen LogP contribution in [-0.2, 0) is 6.42 Å². The van der Waals surface area contributed by atoms with Crippen LogP contribution < -0.4 is 0 Å². The van der Waals surface area contributed by atoms with Crippen LogP contribution >= 0.6 is 11.6 Å². The van der Waals surface area contributed by atoms with Crippen molar-refractivity contribution in [3.63, 3.8) is 0 Å². The van der Waals surface area contributed by atoms with Crippen molar-refractivity contribution in [2.75, 3.05) is 0 Å². The minimum atomic E-state index is -0.327. The summed E-state index contributed by atoms with van der Waals surface area (Å²) < 4.78 is 15.3. The maximum absolute atomic E-state index is 15.3. The SMILES string of the molecule is C=CCCCCc1ccc(-c2ccc(C3C=CC(C4=CCC(C=C)CC4)=CC3)c(Cl)c2F)cc1. The molecule has 0 saturated heterocycles. The number of rotatable bonds is 9. The van der Waals surface area contributed by atoms with Gasteiger partial charge in [0.1, 0.15) is 5.82 Å². The van der Waals surface area contributed by atoms with Gasteiger partial charge >= 0.3 is 0 Å². The van der Waals surface area contributed by atoms with Crippen molar-refractivity contribution in [3.05, 3.63) is 119 Å². The van der Waals surface area contributed by atoms with Gasteiger partial charge in [-0.3, -0.25) is 0 Å². The number of aryl methyl sites for hydroxylation is 1. The lowest BCUT2D eigenvalue weighted by Crippen LogP contribution is -2.06. The Hall–Kier alpha value is -2.64. The minimum Gasteiger partial charge on any atom is -0.205 e. The second-order valence-electron chi connectivity index (χ2n) is 9.42. The molecule has 0 nitrogen and oxygen atoms in total. The highest BCUT2D eigenvalue weighted by atomic mass is 35.5. The Morgan fingerprint density at radius 3 is 2.47 bits per heavy atom. The largest absolute Gasteiger partial charge is 0.205 e. The van der Waals surface area contributed by atoms with Crippen LogP contribution in [0.4, 0.5) is 4.39 Å². The van der Waals surface area contributed by atoms with Crippen molar-refractivity contribution in [3.8, 4) is 11.1 Å². The first-order valence-electron chi connectivity index (χ1n) is 12.5. The molecule has 4 rings (SSSR count). The summed E-state index contributed by atoms with van der Waals surface area (Å²) in [4.78, 5) is 0. The van der Waals surface area contributed by atoms with E-state index in [0.29, 0.717) is 11.5 Å². The fourth-order valence-electron chi connectivity index (χ4n) is 4.96. The van der Waals surface area contributed by atoms with Crippen LogP contribution in [0.25, 0.3) is 11.1 Å². The fraction of sp³-hybridized carbons (Fsp3) is 0.312.